The number of nitrogens with zero attached hydrogens (tertiary/aromatic N) is 2. The smallest absolute Gasteiger partial charge is 0.161 e. The van der Waals surface area contributed by atoms with Crippen LogP contribution in [0.15, 0.2) is 42.5 Å². The number of ether oxygens (including phenoxy) is 2. The molecule has 1 aliphatic rings. The van der Waals surface area contributed by atoms with Gasteiger partial charge in [-0.2, -0.15) is 0 Å². The summed E-state index contributed by atoms with van der Waals surface area (Å²) in [5.41, 5.74) is 3.86. The first-order chi connectivity index (χ1) is 15.6. The van der Waals surface area contributed by atoms with Gasteiger partial charge < -0.3 is 24.8 Å². The number of β-amino-alcohol motifs (C(OH)–C–C–N with tert-alkyl or cyclic N) is 1. The topological polar surface area (TPSA) is 57.2 Å². The van der Waals surface area contributed by atoms with Crippen LogP contribution in [-0.4, -0.2) is 80.5 Å². The van der Waals surface area contributed by atoms with E-state index in [0.717, 1.165) is 57.8 Å². The second-order valence-corrected chi connectivity index (χ2v) is 8.54. The molecule has 0 unspecified atom stereocenters. The van der Waals surface area contributed by atoms with Crippen LogP contribution in [0.2, 0.25) is 0 Å². The number of aliphatic hydroxyl groups excluding tert-OH is 1. The van der Waals surface area contributed by atoms with Crippen molar-refractivity contribution in [3.05, 3.63) is 59.2 Å². The Hall–Kier alpha value is -2.12. The van der Waals surface area contributed by atoms with Crippen molar-refractivity contribution in [1.82, 2.24) is 15.1 Å². The van der Waals surface area contributed by atoms with Crippen molar-refractivity contribution in [2.75, 3.05) is 59.5 Å². The molecule has 0 spiro atoms. The van der Waals surface area contributed by atoms with E-state index < -0.39 is 6.10 Å². The Balaban J connectivity index is 1.41. The lowest BCUT2D eigenvalue weighted by molar-refractivity contribution is 0.0464. The monoisotopic (exact) mass is 441 g/mol. The largest absolute Gasteiger partial charge is 0.493 e. The van der Waals surface area contributed by atoms with Gasteiger partial charge in [-0.05, 0) is 55.3 Å². The molecule has 1 fully saturated rings. The summed E-state index contributed by atoms with van der Waals surface area (Å²) in [5, 5.41) is 13.9. The molecule has 0 bridgehead atoms. The fraction of sp³-hybridized carbons (Fsp3) is 0.538. The van der Waals surface area contributed by atoms with Crippen LogP contribution in [0.4, 0.5) is 0 Å². The van der Waals surface area contributed by atoms with E-state index >= 15 is 0 Å². The van der Waals surface area contributed by atoms with Crippen molar-refractivity contribution in [2.45, 2.75) is 32.9 Å². The zero-order chi connectivity index (χ0) is 22.8. The highest BCUT2D eigenvalue weighted by Gasteiger charge is 2.19. The van der Waals surface area contributed by atoms with E-state index in [4.69, 9.17) is 9.47 Å². The molecule has 0 aromatic heterocycles. The molecule has 2 aromatic rings. The van der Waals surface area contributed by atoms with Gasteiger partial charge in [0.15, 0.2) is 11.5 Å². The van der Waals surface area contributed by atoms with Gasteiger partial charge >= 0.3 is 0 Å². The number of hydrogen-bond donors (Lipinski definition) is 2. The van der Waals surface area contributed by atoms with E-state index in [2.05, 4.69) is 59.3 Å². The summed E-state index contributed by atoms with van der Waals surface area (Å²) < 4.78 is 11.4. The molecule has 0 amide bonds. The summed E-state index contributed by atoms with van der Waals surface area (Å²) in [7, 11) is 1.65. The predicted octanol–water partition coefficient (Wildman–Crippen LogP) is 2.71. The molecule has 0 radical (unpaired) electrons. The number of aliphatic hydroxyl groups is 1. The minimum Gasteiger partial charge on any atom is -0.493 e. The summed E-state index contributed by atoms with van der Waals surface area (Å²) in [5.74, 6) is 1.37. The number of methoxy groups -OCH3 is 1. The van der Waals surface area contributed by atoms with Gasteiger partial charge in [-0.25, -0.2) is 0 Å². The third kappa shape index (κ3) is 7.48. The van der Waals surface area contributed by atoms with Crippen LogP contribution in [0.25, 0.3) is 0 Å². The maximum atomic E-state index is 10.4. The first-order valence-electron chi connectivity index (χ1n) is 11.8. The third-order valence-electron chi connectivity index (χ3n) is 6.20. The van der Waals surface area contributed by atoms with Crippen LogP contribution in [0.3, 0.4) is 0 Å². The van der Waals surface area contributed by atoms with Crippen LogP contribution in [-0.2, 0) is 13.0 Å². The lowest BCUT2D eigenvalue weighted by atomic mass is 10.1. The lowest BCUT2D eigenvalue weighted by Crippen LogP contribution is -2.49. The average Bonchev–Trinajstić information content (AvgIpc) is 2.82. The van der Waals surface area contributed by atoms with Crippen molar-refractivity contribution in [2.24, 2.45) is 0 Å². The zero-order valence-electron chi connectivity index (χ0n) is 19.8. The number of nitrogens with one attached hydrogen (secondary N) is 1. The summed E-state index contributed by atoms with van der Waals surface area (Å²) in [6, 6.07) is 14.5. The standard InChI is InChI=1S/C26H39N3O3/c1-4-28-13-15-29(16-14-28)19-24(30)20-32-25-10-9-22(17-26(25)31-3)18-27-12-11-23-8-6-5-7-21(23)2/h5-10,17,24,27,30H,4,11-16,18-20H2,1-3H3/t24-/m1/s1. The van der Waals surface area contributed by atoms with Gasteiger partial charge in [0.1, 0.15) is 12.7 Å². The van der Waals surface area contributed by atoms with Gasteiger partial charge in [-0.1, -0.05) is 37.3 Å². The predicted molar refractivity (Wildman–Crippen MR) is 130 cm³/mol. The van der Waals surface area contributed by atoms with Crippen molar-refractivity contribution in [1.29, 1.82) is 0 Å². The van der Waals surface area contributed by atoms with Crippen molar-refractivity contribution >= 4 is 0 Å². The van der Waals surface area contributed by atoms with Crippen LogP contribution >= 0.6 is 0 Å². The van der Waals surface area contributed by atoms with Gasteiger partial charge in [0.05, 0.1) is 7.11 Å². The molecular formula is C26H39N3O3. The summed E-state index contributed by atoms with van der Waals surface area (Å²) in [4.78, 5) is 4.74. The minimum atomic E-state index is -0.518. The maximum absolute atomic E-state index is 10.4. The Morgan fingerprint density at radius 3 is 2.50 bits per heavy atom. The Labute approximate surface area is 193 Å². The van der Waals surface area contributed by atoms with E-state index in [1.54, 1.807) is 7.11 Å². The van der Waals surface area contributed by atoms with E-state index in [1.807, 2.05) is 12.1 Å². The fourth-order valence-corrected chi connectivity index (χ4v) is 4.11. The average molecular weight is 442 g/mol. The molecular weight excluding hydrogens is 402 g/mol. The molecule has 3 rings (SSSR count). The molecule has 1 aliphatic heterocycles. The summed E-state index contributed by atoms with van der Waals surface area (Å²) in [6.45, 7) is 12.2. The highest BCUT2D eigenvalue weighted by molar-refractivity contribution is 5.43. The molecule has 1 atom stereocenters. The normalized spacial score (nSPS) is 16.1. The second kappa shape index (κ2) is 12.8. The number of hydrogen-bond acceptors (Lipinski definition) is 6. The molecule has 0 saturated carbocycles. The second-order valence-electron chi connectivity index (χ2n) is 8.54. The molecule has 1 saturated heterocycles. The van der Waals surface area contributed by atoms with Crippen molar-refractivity contribution in [3.8, 4) is 11.5 Å². The van der Waals surface area contributed by atoms with Crippen LogP contribution in [0.1, 0.15) is 23.6 Å². The van der Waals surface area contributed by atoms with Gasteiger partial charge in [-0.15, -0.1) is 0 Å². The van der Waals surface area contributed by atoms with Gasteiger partial charge in [0, 0.05) is 39.3 Å². The van der Waals surface area contributed by atoms with Crippen molar-refractivity contribution in [3.63, 3.8) is 0 Å². The maximum Gasteiger partial charge on any atom is 0.161 e. The Bertz CT molecular complexity index is 822. The van der Waals surface area contributed by atoms with Gasteiger partial charge in [0.2, 0.25) is 0 Å². The zero-order valence-corrected chi connectivity index (χ0v) is 19.8. The highest BCUT2D eigenvalue weighted by Crippen LogP contribution is 2.28. The van der Waals surface area contributed by atoms with E-state index in [9.17, 15) is 5.11 Å². The molecule has 6 nitrogen and oxygen atoms in total. The van der Waals surface area contributed by atoms with Crippen LogP contribution in [0, 0.1) is 6.92 Å². The first kappa shape index (κ1) is 24.5. The van der Waals surface area contributed by atoms with Gasteiger partial charge in [0.25, 0.3) is 0 Å². The molecule has 1 heterocycles. The van der Waals surface area contributed by atoms with Crippen molar-refractivity contribution < 1.29 is 14.6 Å². The van der Waals surface area contributed by atoms with Crippen LogP contribution in [0.5, 0.6) is 11.5 Å². The number of piperazine rings is 1. The number of benzene rings is 2. The van der Waals surface area contributed by atoms with E-state index in [1.165, 1.54) is 11.1 Å². The van der Waals surface area contributed by atoms with Gasteiger partial charge in [-0.3, -0.25) is 4.90 Å². The molecule has 2 N–H and O–H groups in total. The first-order valence-corrected chi connectivity index (χ1v) is 11.8. The fourth-order valence-electron chi connectivity index (χ4n) is 4.11. The Kier molecular flexibility index (Phi) is 9.81. The lowest BCUT2D eigenvalue weighted by Gasteiger charge is -2.34. The third-order valence-corrected chi connectivity index (χ3v) is 6.20. The van der Waals surface area contributed by atoms with E-state index in [0.29, 0.717) is 18.0 Å². The Morgan fingerprint density at radius 1 is 1.03 bits per heavy atom. The molecule has 2 aromatic carbocycles. The highest BCUT2D eigenvalue weighted by atomic mass is 16.5. The SMILES string of the molecule is CCN1CCN(C[C@@H](O)COc2ccc(CNCCc3ccccc3C)cc2OC)CC1. The molecule has 32 heavy (non-hydrogen) atoms. The summed E-state index contributed by atoms with van der Waals surface area (Å²) in [6.07, 6.45) is 0.492. The Morgan fingerprint density at radius 2 is 1.78 bits per heavy atom. The number of rotatable bonds is 12. The molecule has 6 heteroatoms. The molecule has 0 aliphatic carbocycles. The number of aryl methyl sites for hydroxylation is 1. The summed E-state index contributed by atoms with van der Waals surface area (Å²) >= 11 is 0. The van der Waals surface area contributed by atoms with E-state index in [-0.39, 0.29) is 6.61 Å². The van der Waals surface area contributed by atoms with Crippen LogP contribution < -0.4 is 14.8 Å². The number of likely N-dealkylation sites (N-methyl/N-ethyl adjacent to an activating group) is 1. The molecule has 176 valence electrons. The minimum absolute atomic E-state index is 0.262. The quantitative estimate of drug-likeness (QED) is 0.494.